The first-order valence-corrected chi connectivity index (χ1v) is 13.0. The summed E-state index contributed by atoms with van der Waals surface area (Å²) < 4.78 is 0. The second-order valence-corrected chi connectivity index (χ2v) is 11.4. The molecule has 186 valence electrons. The predicted octanol–water partition coefficient (Wildman–Crippen LogP) is 4.29. The van der Waals surface area contributed by atoms with Crippen molar-refractivity contribution in [3.63, 3.8) is 0 Å². The summed E-state index contributed by atoms with van der Waals surface area (Å²) in [5.41, 5.74) is 9.33. The molecule has 2 fully saturated rings. The summed E-state index contributed by atoms with van der Waals surface area (Å²) in [6.45, 7) is 8.63. The molecule has 6 nitrogen and oxygen atoms in total. The molecule has 1 amide bonds. The Morgan fingerprint density at radius 1 is 1.20 bits per heavy atom. The summed E-state index contributed by atoms with van der Waals surface area (Å²) in [5, 5.41) is 13.3. The van der Waals surface area contributed by atoms with Gasteiger partial charge in [-0.05, 0) is 70.1 Å². The number of nitrogens with zero attached hydrogens (tertiary/aromatic N) is 2. The number of hydrogen-bond donors (Lipinski definition) is 3. The van der Waals surface area contributed by atoms with E-state index in [1.807, 2.05) is 13.0 Å². The minimum atomic E-state index is -0.631. The molecule has 3 aliphatic rings. The van der Waals surface area contributed by atoms with Crippen LogP contribution in [-0.2, 0) is 5.41 Å². The van der Waals surface area contributed by atoms with Gasteiger partial charge in [0.25, 0.3) is 5.91 Å². The van der Waals surface area contributed by atoms with Crippen LogP contribution in [0.25, 0.3) is 11.1 Å². The lowest BCUT2D eigenvalue weighted by molar-refractivity contribution is 0.0140. The first kappa shape index (κ1) is 24.0. The lowest BCUT2D eigenvalue weighted by atomic mass is 9.73. The first-order chi connectivity index (χ1) is 16.7. The van der Waals surface area contributed by atoms with Crippen molar-refractivity contribution in [3.05, 3.63) is 59.8 Å². The molecule has 0 bridgehead atoms. The van der Waals surface area contributed by atoms with Gasteiger partial charge >= 0.3 is 0 Å². The van der Waals surface area contributed by atoms with Crippen LogP contribution in [0.1, 0.15) is 68.8 Å². The minimum absolute atomic E-state index is 0.0501. The fraction of sp³-hybridized carbons (Fsp3) is 0.517. The standard InChI is InChI=1S/C29H38N4O2/c1-19(2)33-17-23-5-4-12-29(23,18-33)22-8-6-20(7-9-22)21-15-25(26(30)31-16-21)27(34)32-24-10-13-28(3,35)14-11-24/h4-9,15-16,19,23-24,35H,10-14,17-18H2,1-3H3,(H2,30,31)(H,32,34)/t23-,24?,28?,29+/m1/s1. The van der Waals surface area contributed by atoms with Gasteiger partial charge in [0.05, 0.1) is 11.2 Å². The summed E-state index contributed by atoms with van der Waals surface area (Å²) >= 11 is 0. The normalized spacial score (nSPS) is 30.5. The Labute approximate surface area is 208 Å². The molecule has 2 atom stereocenters. The van der Waals surface area contributed by atoms with Gasteiger partial charge in [0.2, 0.25) is 0 Å². The smallest absolute Gasteiger partial charge is 0.255 e. The van der Waals surface area contributed by atoms with Crippen LogP contribution in [0.15, 0.2) is 48.7 Å². The number of carbonyl (C=O) groups is 1. The zero-order valence-corrected chi connectivity index (χ0v) is 21.1. The van der Waals surface area contributed by atoms with E-state index in [0.717, 1.165) is 43.5 Å². The van der Waals surface area contributed by atoms with Gasteiger partial charge in [-0.2, -0.15) is 0 Å². The maximum Gasteiger partial charge on any atom is 0.255 e. The highest BCUT2D eigenvalue weighted by molar-refractivity contribution is 5.99. The lowest BCUT2D eigenvalue weighted by Gasteiger charge is -2.33. The number of carbonyl (C=O) groups excluding carboxylic acids is 1. The summed E-state index contributed by atoms with van der Waals surface area (Å²) in [6, 6.07) is 11.3. The van der Waals surface area contributed by atoms with Crippen LogP contribution in [0.3, 0.4) is 0 Å². The van der Waals surface area contributed by atoms with Crippen molar-refractivity contribution in [2.24, 2.45) is 5.92 Å². The quantitative estimate of drug-likeness (QED) is 0.562. The molecule has 1 aliphatic heterocycles. The molecule has 0 unspecified atom stereocenters. The van der Waals surface area contributed by atoms with E-state index in [-0.39, 0.29) is 23.2 Å². The van der Waals surface area contributed by atoms with E-state index in [9.17, 15) is 9.90 Å². The second-order valence-electron chi connectivity index (χ2n) is 11.4. The van der Waals surface area contributed by atoms with Gasteiger partial charge in [-0.3, -0.25) is 9.69 Å². The minimum Gasteiger partial charge on any atom is -0.390 e. The number of aromatic nitrogens is 1. The molecule has 0 radical (unpaired) electrons. The van der Waals surface area contributed by atoms with Gasteiger partial charge in [-0.25, -0.2) is 4.98 Å². The van der Waals surface area contributed by atoms with E-state index in [1.54, 1.807) is 6.20 Å². The molecule has 1 saturated heterocycles. The molecule has 1 aromatic heterocycles. The van der Waals surface area contributed by atoms with Gasteiger partial charge in [-0.15, -0.1) is 0 Å². The molecule has 6 heteroatoms. The number of benzene rings is 1. The Hall–Kier alpha value is -2.70. The maximum atomic E-state index is 13.0. The molecule has 5 rings (SSSR count). The molecule has 1 aromatic carbocycles. The molecular weight excluding hydrogens is 436 g/mol. The van der Waals surface area contributed by atoms with Crippen LogP contribution in [0.4, 0.5) is 5.82 Å². The van der Waals surface area contributed by atoms with Crippen molar-refractivity contribution in [2.75, 3.05) is 18.8 Å². The molecule has 1 saturated carbocycles. The Kier molecular flexibility index (Phi) is 6.22. The molecule has 2 heterocycles. The number of nitrogen functional groups attached to an aromatic ring is 1. The van der Waals surface area contributed by atoms with Gasteiger partial charge in [0.1, 0.15) is 5.82 Å². The number of rotatable bonds is 5. The third-order valence-electron chi connectivity index (χ3n) is 8.56. The van der Waals surface area contributed by atoms with Crippen LogP contribution in [-0.4, -0.2) is 51.7 Å². The SMILES string of the molecule is CC(C)N1C[C@H]2C=CC[C@@]2(c2ccc(-c3cnc(N)c(C(=O)NC4CCC(C)(O)CC4)c3)cc2)C1. The van der Waals surface area contributed by atoms with Gasteiger partial charge in [-0.1, -0.05) is 36.4 Å². The van der Waals surface area contributed by atoms with E-state index in [4.69, 9.17) is 5.73 Å². The summed E-state index contributed by atoms with van der Waals surface area (Å²) in [7, 11) is 0. The van der Waals surface area contributed by atoms with E-state index in [1.165, 1.54) is 5.56 Å². The number of aliphatic hydroxyl groups is 1. The van der Waals surface area contributed by atoms with Crippen LogP contribution < -0.4 is 11.1 Å². The van der Waals surface area contributed by atoms with Gasteiger partial charge < -0.3 is 16.2 Å². The van der Waals surface area contributed by atoms with Gasteiger partial charge in [0, 0.05) is 48.3 Å². The Morgan fingerprint density at radius 2 is 1.91 bits per heavy atom. The molecule has 4 N–H and O–H groups in total. The Morgan fingerprint density at radius 3 is 2.60 bits per heavy atom. The first-order valence-electron chi connectivity index (χ1n) is 13.0. The summed E-state index contributed by atoms with van der Waals surface area (Å²) in [4.78, 5) is 19.9. The van der Waals surface area contributed by atoms with Crippen molar-refractivity contribution >= 4 is 11.7 Å². The molecular formula is C29H38N4O2. The highest BCUT2D eigenvalue weighted by atomic mass is 16.3. The fourth-order valence-electron chi connectivity index (χ4n) is 6.15. The van der Waals surface area contributed by atoms with Crippen LogP contribution in [0, 0.1) is 5.92 Å². The zero-order valence-electron chi connectivity index (χ0n) is 21.1. The van der Waals surface area contributed by atoms with Crippen molar-refractivity contribution in [3.8, 4) is 11.1 Å². The van der Waals surface area contributed by atoms with Crippen molar-refractivity contribution in [1.82, 2.24) is 15.2 Å². The lowest BCUT2D eigenvalue weighted by Crippen LogP contribution is -2.42. The topological polar surface area (TPSA) is 91.5 Å². The number of nitrogens with one attached hydrogen (secondary N) is 1. The monoisotopic (exact) mass is 474 g/mol. The van der Waals surface area contributed by atoms with Crippen molar-refractivity contribution < 1.29 is 9.90 Å². The maximum absolute atomic E-state index is 13.0. The molecule has 35 heavy (non-hydrogen) atoms. The average Bonchev–Trinajstić information content (AvgIpc) is 3.40. The van der Waals surface area contributed by atoms with E-state index in [2.05, 4.69) is 65.5 Å². The Bertz CT molecular complexity index is 1110. The zero-order chi connectivity index (χ0) is 24.8. The third-order valence-corrected chi connectivity index (χ3v) is 8.56. The fourth-order valence-corrected chi connectivity index (χ4v) is 6.15. The molecule has 2 aromatic rings. The largest absolute Gasteiger partial charge is 0.390 e. The number of pyridine rings is 1. The Balaban J connectivity index is 1.33. The number of anilines is 1. The average molecular weight is 475 g/mol. The number of allylic oxidation sites excluding steroid dienone is 1. The van der Waals surface area contributed by atoms with E-state index < -0.39 is 5.60 Å². The van der Waals surface area contributed by atoms with E-state index in [0.29, 0.717) is 30.4 Å². The summed E-state index contributed by atoms with van der Waals surface area (Å²) in [5.74, 6) is 0.607. The van der Waals surface area contributed by atoms with Crippen molar-refractivity contribution in [1.29, 1.82) is 0 Å². The predicted molar refractivity (Wildman–Crippen MR) is 140 cm³/mol. The molecule has 0 spiro atoms. The number of fused-ring (bicyclic) bond motifs is 1. The highest BCUT2D eigenvalue weighted by Crippen LogP contribution is 2.47. The van der Waals surface area contributed by atoms with Crippen LogP contribution in [0.2, 0.25) is 0 Å². The van der Waals surface area contributed by atoms with Gasteiger partial charge in [0.15, 0.2) is 0 Å². The second kappa shape index (κ2) is 9.07. The van der Waals surface area contributed by atoms with Crippen LogP contribution in [0.5, 0.6) is 0 Å². The number of nitrogens with two attached hydrogens (primary N) is 1. The number of hydrogen-bond acceptors (Lipinski definition) is 5. The summed E-state index contributed by atoms with van der Waals surface area (Å²) in [6.07, 6.45) is 10.5. The van der Waals surface area contributed by atoms with Crippen LogP contribution >= 0.6 is 0 Å². The number of likely N-dealkylation sites (tertiary alicyclic amines) is 1. The van der Waals surface area contributed by atoms with Crippen molar-refractivity contribution in [2.45, 2.75) is 76.0 Å². The molecule has 2 aliphatic carbocycles. The van der Waals surface area contributed by atoms with E-state index >= 15 is 0 Å². The third kappa shape index (κ3) is 4.62. The highest BCUT2D eigenvalue weighted by Gasteiger charge is 2.48. The number of amides is 1.